The lowest BCUT2D eigenvalue weighted by atomic mass is 9.88. The van der Waals surface area contributed by atoms with Crippen molar-refractivity contribution in [3.05, 3.63) is 83.3 Å². The molecule has 49 heavy (non-hydrogen) atoms. The monoisotopic (exact) mass is 695 g/mol. The number of hydroxylamine groups is 2. The number of methoxy groups -OCH3 is 4. The quantitative estimate of drug-likeness (QED) is 0.0732. The number of benzene rings is 3. The van der Waals surface area contributed by atoms with Gasteiger partial charge in [0.15, 0.2) is 23.0 Å². The van der Waals surface area contributed by atoms with Crippen LogP contribution in [0.15, 0.2) is 65.7 Å². The molecule has 1 amide bonds. The van der Waals surface area contributed by atoms with Crippen molar-refractivity contribution in [2.45, 2.75) is 61.9 Å². The van der Waals surface area contributed by atoms with E-state index in [0.29, 0.717) is 60.6 Å². The Morgan fingerprint density at radius 1 is 0.918 bits per heavy atom. The molecule has 0 spiro atoms. The predicted octanol–water partition coefficient (Wildman–Crippen LogP) is 8.13. The zero-order valence-electron chi connectivity index (χ0n) is 28.6. The molecule has 1 N–H and O–H groups in total. The van der Waals surface area contributed by atoms with Crippen molar-refractivity contribution in [2.24, 2.45) is 5.92 Å². The Labute approximate surface area is 292 Å². The maximum atomic E-state index is 13.3. The minimum absolute atomic E-state index is 0.0611. The van der Waals surface area contributed by atoms with Gasteiger partial charge in [-0.2, -0.15) is 5.06 Å². The number of halogens is 1. The van der Waals surface area contributed by atoms with E-state index in [1.54, 1.807) is 58.4 Å². The van der Waals surface area contributed by atoms with E-state index in [9.17, 15) is 14.4 Å². The first-order chi connectivity index (χ1) is 23.8. The van der Waals surface area contributed by atoms with Crippen LogP contribution in [0.4, 0.5) is 4.39 Å². The van der Waals surface area contributed by atoms with Gasteiger partial charge in [-0.3, -0.25) is 10.0 Å². The summed E-state index contributed by atoms with van der Waals surface area (Å²) in [4.78, 5) is 13.8. The van der Waals surface area contributed by atoms with E-state index in [2.05, 4.69) is 6.07 Å². The molecular formula is C38H46FNO8S. The van der Waals surface area contributed by atoms with Gasteiger partial charge < -0.3 is 28.4 Å². The van der Waals surface area contributed by atoms with Gasteiger partial charge in [0.25, 0.3) is 5.91 Å². The summed E-state index contributed by atoms with van der Waals surface area (Å²) in [5.41, 5.74) is 2.81. The number of carbonyl (C=O) groups excluding carboxylic acids is 1. The van der Waals surface area contributed by atoms with Gasteiger partial charge in [0.2, 0.25) is 5.75 Å². The van der Waals surface area contributed by atoms with Gasteiger partial charge in [0.1, 0.15) is 5.82 Å². The van der Waals surface area contributed by atoms with Gasteiger partial charge in [0, 0.05) is 34.2 Å². The number of allylic oxidation sites excluding steroid dienone is 1. The highest BCUT2D eigenvalue weighted by Gasteiger charge is 2.31. The Balaban J connectivity index is 1.35. The Hall–Kier alpha value is -3.93. The number of amides is 1. The smallest absolute Gasteiger partial charge is 0.253 e. The average Bonchev–Trinajstić information content (AvgIpc) is 3.64. The number of nitrogens with zero attached hydrogens (tertiary/aromatic N) is 1. The molecule has 1 saturated carbocycles. The second-order valence-electron chi connectivity index (χ2n) is 12.2. The predicted molar refractivity (Wildman–Crippen MR) is 186 cm³/mol. The maximum absolute atomic E-state index is 13.3. The number of thioether (sulfide) groups is 1. The van der Waals surface area contributed by atoms with Crippen molar-refractivity contribution in [1.82, 2.24) is 5.06 Å². The van der Waals surface area contributed by atoms with E-state index < -0.39 is 0 Å². The number of rotatable bonds is 15. The van der Waals surface area contributed by atoms with Crippen LogP contribution in [-0.2, 0) is 16.0 Å². The molecule has 1 aliphatic carbocycles. The van der Waals surface area contributed by atoms with Crippen molar-refractivity contribution in [3.63, 3.8) is 0 Å². The summed E-state index contributed by atoms with van der Waals surface area (Å²) in [7, 11) is 6.37. The highest BCUT2D eigenvalue weighted by molar-refractivity contribution is 7.99. The van der Waals surface area contributed by atoms with E-state index in [4.69, 9.17) is 28.4 Å². The molecule has 1 saturated heterocycles. The zero-order chi connectivity index (χ0) is 34.8. The third-order valence-corrected chi connectivity index (χ3v) is 10.1. The Kier molecular flexibility index (Phi) is 13.1. The van der Waals surface area contributed by atoms with E-state index in [1.807, 2.05) is 18.2 Å². The summed E-state index contributed by atoms with van der Waals surface area (Å²) in [5, 5.41) is 11.3. The molecule has 1 aliphatic heterocycles. The summed E-state index contributed by atoms with van der Waals surface area (Å²) in [6.07, 6.45) is 8.86. The summed E-state index contributed by atoms with van der Waals surface area (Å²) in [6, 6.07) is 14.3. The molecule has 2 atom stereocenters. The Morgan fingerprint density at radius 3 is 2.22 bits per heavy atom. The SMILES string of the molecule is COc1cc(C2COC(c3cc(OC)c(OC)c(OC)c3)C2)cc(CC=CN(O)C(=O)C2CCCCC2)c1OCCSc1ccc(F)cc1. The minimum Gasteiger partial charge on any atom is -0.493 e. The van der Waals surface area contributed by atoms with Crippen molar-refractivity contribution >= 4 is 17.7 Å². The summed E-state index contributed by atoms with van der Waals surface area (Å²) >= 11 is 1.57. The highest BCUT2D eigenvalue weighted by atomic mass is 32.2. The maximum Gasteiger partial charge on any atom is 0.253 e. The van der Waals surface area contributed by atoms with Crippen LogP contribution in [0.1, 0.15) is 67.2 Å². The molecule has 2 unspecified atom stereocenters. The molecule has 3 aromatic carbocycles. The largest absolute Gasteiger partial charge is 0.493 e. The van der Waals surface area contributed by atoms with Gasteiger partial charge in [0.05, 0.1) is 47.8 Å². The van der Waals surface area contributed by atoms with Crippen LogP contribution in [0.2, 0.25) is 0 Å². The molecule has 5 rings (SSSR count). The standard InChI is InChI=1S/C38H46FNO8S/c1-43-33-20-27(29-23-32(48-24-29)28-21-34(44-2)37(46-4)35(22-28)45-3)19-26(11-8-16-40(42)38(41)25-9-6-5-7-10-25)36(33)47-17-18-49-31-14-12-30(39)13-15-31/h8,12-16,19-22,25,29,32,42H,5-7,9-11,17-18,23-24H2,1-4H3. The van der Waals surface area contributed by atoms with Gasteiger partial charge >= 0.3 is 0 Å². The summed E-state index contributed by atoms with van der Waals surface area (Å²) in [5.74, 6) is 2.86. The fourth-order valence-corrected chi connectivity index (χ4v) is 7.22. The van der Waals surface area contributed by atoms with Crippen molar-refractivity contribution in [1.29, 1.82) is 0 Å². The number of ether oxygens (including phenoxy) is 6. The van der Waals surface area contributed by atoms with E-state index >= 15 is 0 Å². The molecule has 3 aromatic rings. The van der Waals surface area contributed by atoms with Crippen molar-refractivity contribution in [3.8, 4) is 28.7 Å². The number of carbonyl (C=O) groups is 1. The topological polar surface area (TPSA) is 95.9 Å². The summed E-state index contributed by atoms with van der Waals surface area (Å²) in [6.45, 7) is 0.880. The first-order valence-corrected chi connectivity index (χ1v) is 17.7. The van der Waals surface area contributed by atoms with Crippen LogP contribution in [0.25, 0.3) is 0 Å². The first kappa shape index (κ1) is 36.4. The molecule has 2 aliphatic rings. The molecule has 0 radical (unpaired) electrons. The van der Waals surface area contributed by atoms with Crippen molar-refractivity contribution < 1.29 is 42.8 Å². The highest BCUT2D eigenvalue weighted by Crippen LogP contribution is 2.46. The lowest BCUT2D eigenvalue weighted by Crippen LogP contribution is -2.30. The normalized spacial score (nSPS) is 18.0. The van der Waals surface area contributed by atoms with Crippen LogP contribution < -0.4 is 23.7 Å². The molecule has 2 fully saturated rings. The average molecular weight is 696 g/mol. The molecular weight excluding hydrogens is 649 g/mol. The van der Waals surface area contributed by atoms with E-state index in [-0.39, 0.29) is 29.7 Å². The van der Waals surface area contributed by atoms with Gasteiger partial charge in [-0.15, -0.1) is 11.8 Å². The number of hydrogen-bond donors (Lipinski definition) is 1. The van der Waals surface area contributed by atoms with Crippen LogP contribution in [0, 0.1) is 11.7 Å². The second-order valence-corrected chi connectivity index (χ2v) is 13.4. The molecule has 264 valence electrons. The van der Waals surface area contributed by atoms with Gasteiger partial charge in [-0.05, 0) is 79.3 Å². The third kappa shape index (κ3) is 9.20. The molecule has 9 nitrogen and oxygen atoms in total. The Bertz CT molecular complexity index is 1550. The molecule has 0 bridgehead atoms. The zero-order valence-corrected chi connectivity index (χ0v) is 29.4. The lowest BCUT2D eigenvalue weighted by Gasteiger charge is -2.23. The van der Waals surface area contributed by atoms with Crippen molar-refractivity contribution in [2.75, 3.05) is 47.4 Å². The number of hydrogen-bond acceptors (Lipinski definition) is 9. The fourth-order valence-electron chi connectivity index (χ4n) is 6.49. The lowest BCUT2D eigenvalue weighted by molar-refractivity contribution is -0.160. The second kappa shape index (κ2) is 17.6. The van der Waals surface area contributed by atoms with Gasteiger partial charge in [-0.1, -0.05) is 31.4 Å². The minimum atomic E-state index is -0.271. The molecule has 11 heteroatoms. The third-order valence-electron chi connectivity index (χ3n) is 9.08. The van der Waals surface area contributed by atoms with Crippen LogP contribution in [0.5, 0.6) is 28.7 Å². The first-order valence-electron chi connectivity index (χ1n) is 16.7. The summed E-state index contributed by atoms with van der Waals surface area (Å²) < 4.78 is 48.5. The molecule has 1 heterocycles. The van der Waals surface area contributed by atoms with E-state index in [0.717, 1.165) is 58.8 Å². The Morgan fingerprint density at radius 2 is 1.57 bits per heavy atom. The van der Waals surface area contributed by atoms with Crippen LogP contribution in [0.3, 0.4) is 0 Å². The fraction of sp³-hybridized carbons (Fsp3) is 0.447. The van der Waals surface area contributed by atoms with E-state index in [1.165, 1.54) is 18.3 Å². The van der Waals surface area contributed by atoms with Crippen LogP contribution >= 0.6 is 11.8 Å². The van der Waals surface area contributed by atoms with Gasteiger partial charge in [-0.25, -0.2) is 4.39 Å². The van der Waals surface area contributed by atoms with Crippen LogP contribution in [-0.4, -0.2) is 63.6 Å². The molecule has 0 aromatic heterocycles.